The van der Waals surface area contributed by atoms with E-state index in [4.69, 9.17) is 13.9 Å². The zero-order valence-electron chi connectivity index (χ0n) is 20.4. The van der Waals surface area contributed by atoms with Crippen LogP contribution in [-0.4, -0.2) is 41.1 Å². The molecule has 1 unspecified atom stereocenters. The normalized spacial score (nSPS) is 14.5. The predicted octanol–water partition coefficient (Wildman–Crippen LogP) is 4.88. The molecule has 0 heterocycles. The maximum absolute atomic E-state index is 10.0. The van der Waals surface area contributed by atoms with Gasteiger partial charge in [-0.15, -0.1) is 0 Å². The van der Waals surface area contributed by atoms with Gasteiger partial charge in [-0.25, -0.2) is 4.89 Å². The number of aliphatic hydroxyl groups excluding tert-OH is 1. The fourth-order valence-electron chi connectivity index (χ4n) is 3.37. The minimum absolute atomic E-state index is 0.0891. The smallest absolute Gasteiger partial charge is 0.305 e. The van der Waals surface area contributed by atoms with Crippen LogP contribution in [0.1, 0.15) is 41.5 Å². The Hall–Kier alpha value is -1.29. The van der Waals surface area contributed by atoms with Gasteiger partial charge < -0.3 is 9.53 Å². The summed E-state index contributed by atoms with van der Waals surface area (Å²) >= 11 is 0. The molecule has 0 aromatic heterocycles. The lowest BCUT2D eigenvalue weighted by molar-refractivity contribution is -0.268. The van der Waals surface area contributed by atoms with Gasteiger partial charge in [-0.05, 0) is 33.5 Å². The summed E-state index contributed by atoms with van der Waals surface area (Å²) in [6, 6.07) is 20.7. The van der Waals surface area contributed by atoms with Gasteiger partial charge in [0, 0.05) is 0 Å². The lowest BCUT2D eigenvalue weighted by atomic mass is 10.2. The number of rotatable bonds is 9. The maximum Gasteiger partial charge on any atom is 0.305 e. The molecule has 0 aliphatic heterocycles. The summed E-state index contributed by atoms with van der Waals surface area (Å²) in [5.41, 5.74) is 0. The van der Waals surface area contributed by atoms with E-state index in [0.29, 0.717) is 6.61 Å². The molecule has 4 nitrogen and oxygen atoms in total. The fourth-order valence-corrected chi connectivity index (χ4v) is 8.52. The standard InChI is InChI=1S/C25H40O4Si2/c1-24(2,3)30(7,8)27-20-21(19-26)28-29-31(25(4,5)6,22-15-11-9-12-16-22)23-17-13-10-14-18-23/h9-18,21,26H,19-20H2,1-8H3. The van der Waals surface area contributed by atoms with E-state index in [1.807, 2.05) is 36.4 Å². The highest BCUT2D eigenvalue weighted by atomic mass is 28.4. The van der Waals surface area contributed by atoms with Crippen molar-refractivity contribution in [2.45, 2.75) is 70.8 Å². The van der Waals surface area contributed by atoms with Crippen LogP contribution >= 0.6 is 0 Å². The van der Waals surface area contributed by atoms with Crippen molar-refractivity contribution in [2.24, 2.45) is 0 Å². The summed E-state index contributed by atoms with van der Waals surface area (Å²) < 4.78 is 12.8. The fraction of sp³-hybridized carbons (Fsp3) is 0.520. The molecule has 0 aliphatic rings. The van der Waals surface area contributed by atoms with Gasteiger partial charge in [0.2, 0.25) is 0 Å². The average molecular weight is 461 g/mol. The van der Waals surface area contributed by atoms with E-state index in [9.17, 15) is 5.11 Å². The highest BCUT2D eigenvalue weighted by molar-refractivity contribution is 6.99. The van der Waals surface area contributed by atoms with E-state index in [1.54, 1.807) is 0 Å². The first-order valence-electron chi connectivity index (χ1n) is 11.1. The Morgan fingerprint density at radius 3 is 1.58 bits per heavy atom. The van der Waals surface area contributed by atoms with E-state index < -0.39 is 22.7 Å². The molecule has 0 saturated heterocycles. The average Bonchev–Trinajstić information content (AvgIpc) is 2.70. The van der Waals surface area contributed by atoms with Crippen LogP contribution in [0.15, 0.2) is 60.7 Å². The zero-order chi connectivity index (χ0) is 23.3. The number of benzene rings is 2. The first-order valence-corrected chi connectivity index (χ1v) is 15.9. The summed E-state index contributed by atoms with van der Waals surface area (Å²) in [5, 5.41) is 12.2. The first-order chi connectivity index (χ1) is 14.3. The van der Waals surface area contributed by atoms with Crippen molar-refractivity contribution in [3.8, 4) is 0 Å². The molecule has 0 amide bonds. The van der Waals surface area contributed by atoms with Crippen LogP contribution < -0.4 is 10.4 Å². The van der Waals surface area contributed by atoms with Crippen LogP contribution in [-0.2, 0) is 13.9 Å². The van der Waals surface area contributed by atoms with Crippen molar-refractivity contribution in [2.75, 3.05) is 13.2 Å². The number of hydrogen-bond acceptors (Lipinski definition) is 4. The molecule has 6 heteroatoms. The molecule has 0 radical (unpaired) electrons. The topological polar surface area (TPSA) is 47.9 Å². The Morgan fingerprint density at radius 2 is 1.23 bits per heavy atom. The molecule has 1 atom stereocenters. The van der Waals surface area contributed by atoms with E-state index in [2.05, 4.69) is 78.9 Å². The molecule has 0 bridgehead atoms. The number of hydrogen-bond donors (Lipinski definition) is 1. The van der Waals surface area contributed by atoms with Crippen LogP contribution in [0.4, 0.5) is 0 Å². The largest absolute Gasteiger partial charge is 0.414 e. The predicted molar refractivity (Wildman–Crippen MR) is 134 cm³/mol. The van der Waals surface area contributed by atoms with E-state index in [0.717, 1.165) is 10.4 Å². The van der Waals surface area contributed by atoms with Crippen molar-refractivity contribution in [3.63, 3.8) is 0 Å². The van der Waals surface area contributed by atoms with Crippen molar-refractivity contribution in [1.29, 1.82) is 0 Å². The molecular weight excluding hydrogens is 420 g/mol. The molecule has 0 saturated carbocycles. The molecule has 172 valence electrons. The molecule has 1 N–H and O–H groups in total. The monoisotopic (exact) mass is 460 g/mol. The van der Waals surface area contributed by atoms with Crippen molar-refractivity contribution in [1.82, 2.24) is 0 Å². The molecule has 0 aliphatic carbocycles. The van der Waals surface area contributed by atoms with Crippen LogP contribution in [0.5, 0.6) is 0 Å². The number of aliphatic hydroxyl groups is 1. The molecule has 2 aromatic rings. The summed E-state index contributed by atoms with van der Waals surface area (Å²) in [7, 11) is -4.78. The molecule has 0 fully saturated rings. The van der Waals surface area contributed by atoms with Crippen molar-refractivity contribution < 1.29 is 19.0 Å². The minimum atomic E-state index is -2.82. The Bertz CT molecular complexity index is 756. The summed E-state index contributed by atoms with van der Waals surface area (Å²) in [4.78, 5) is 6.01. The van der Waals surface area contributed by atoms with Crippen LogP contribution in [0.3, 0.4) is 0 Å². The molecule has 2 rings (SSSR count). The van der Waals surface area contributed by atoms with Gasteiger partial charge in [0.15, 0.2) is 8.32 Å². The van der Waals surface area contributed by atoms with Crippen LogP contribution in [0.25, 0.3) is 0 Å². The molecule has 2 aromatic carbocycles. The Labute approximate surface area is 190 Å². The highest BCUT2D eigenvalue weighted by Crippen LogP contribution is 2.38. The van der Waals surface area contributed by atoms with Crippen LogP contribution in [0, 0.1) is 0 Å². The Morgan fingerprint density at radius 1 is 0.774 bits per heavy atom. The Kier molecular flexibility index (Phi) is 8.47. The third-order valence-electron chi connectivity index (χ3n) is 6.37. The SMILES string of the molecule is CC(C)(C)[Si](C)(C)OCC(CO)OO[Si](c1ccccc1)(c1ccccc1)C(C)(C)C. The maximum atomic E-state index is 10.0. The van der Waals surface area contributed by atoms with Gasteiger partial charge in [-0.2, -0.15) is 0 Å². The van der Waals surface area contributed by atoms with Gasteiger partial charge in [-0.1, -0.05) is 102 Å². The zero-order valence-corrected chi connectivity index (χ0v) is 22.4. The second-order valence-electron chi connectivity index (χ2n) is 10.7. The second kappa shape index (κ2) is 10.1. The summed E-state index contributed by atoms with van der Waals surface area (Å²) in [6.07, 6.45) is -0.546. The summed E-state index contributed by atoms with van der Waals surface area (Å²) in [6.45, 7) is 17.7. The van der Waals surface area contributed by atoms with E-state index in [1.165, 1.54) is 0 Å². The van der Waals surface area contributed by atoms with Gasteiger partial charge >= 0.3 is 8.32 Å². The summed E-state index contributed by atoms with van der Waals surface area (Å²) in [5.74, 6) is 0. The molecule has 0 spiro atoms. The Balaban J connectivity index is 2.36. The lowest BCUT2D eigenvalue weighted by Gasteiger charge is -2.42. The lowest BCUT2D eigenvalue weighted by Crippen LogP contribution is -2.67. The third-order valence-corrected chi connectivity index (χ3v) is 15.6. The van der Waals surface area contributed by atoms with E-state index >= 15 is 0 Å². The third kappa shape index (κ3) is 5.94. The van der Waals surface area contributed by atoms with Crippen LogP contribution in [0.2, 0.25) is 23.2 Å². The van der Waals surface area contributed by atoms with Gasteiger partial charge in [0.1, 0.15) is 6.10 Å². The first kappa shape index (κ1) is 26.0. The minimum Gasteiger partial charge on any atom is -0.414 e. The van der Waals surface area contributed by atoms with Gasteiger partial charge in [-0.3, -0.25) is 4.58 Å². The second-order valence-corrected chi connectivity index (χ2v) is 19.7. The van der Waals surface area contributed by atoms with Gasteiger partial charge in [0.05, 0.1) is 13.2 Å². The van der Waals surface area contributed by atoms with E-state index in [-0.39, 0.29) is 16.7 Å². The van der Waals surface area contributed by atoms with Gasteiger partial charge in [0.25, 0.3) is 0 Å². The quantitative estimate of drug-likeness (QED) is 0.329. The molecule has 31 heavy (non-hydrogen) atoms. The van der Waals surface area contributed by atoms with Crippen molar-refractivity contribution >= 4 is 27.0 Å². The highest BCUT2D eigenvalue weighted by Gasteiger charge is 2.52. The molecular formula is C25H40O4Si2. The van der Waals surface area contributed by atoms with Crippen molar-refractivity contribution in [3.05, 3.63) is 60.7 Å².